The molecule has 1 heterocycles. The highest BCUT2D eigenvalue weighted by Crippen LogP contribution is 2.20. The standard InChI is InChI=1S/C22H24N6O2/c1-28(2)13-12-24-19-14-18(25-21(27-19)15-8-4-3-5-9-15)22(30)26-17-11-7-6-10-16(17)20(23)29/h3-11,14H,12-13H2,1-2H3,(H2,23,29)(H,26,30)(H,24,25,27). The SMILES string of the molecule is CN(C)CCNc1cc(C(=O)Nc2ccccc2C(N)=O)nc(-c2ccccc2)n1. The van der Waals surface area contributed by atoms with Crippen LogP contribution in [0.3, 0.4) is 0 Å². The first-order chi connectivity index (χ1) is 14.4. The monoisotopic (exact) mass is 404 g/mol. The van der Waals surface area contributed by atoms with Crippen molar-refractivity contribution in [2.45, 2.75) is 0 Å². The van der Waals surface area contributed by atoms with E-state index in [4.69, 9.17) is 5.73 Å². The Labute approximate surface area is 175 Å². The second-order valence-corrected chi connectivity index (χ2v) is 6.92. The third-order valence-corrected chi connectivity index (χ3v) is 4.30. The lowest BCUT2D eigenvalue weighted by Crippen LogP contribution is -2.22. The molecule has 0 fully saturated rings. The van der Waals surface area contributed by atoms with Crippen LogP contribution < -0.4 is 16.4 Å². The van der Waals surface area contributed by atoms with Gasteiger partial charge in [0.05, 0.1) is 11.3 Å². The smallest absolute Gasteiger partial charge is 0.274 e. The summed E-state index contributed by atoms with van der Waals surface area (Å²) in [5.41, 5.74) is 6.93. The van der Waals surface area contributed by atoms with Gasteiger partial charge in [0.25, 0.3) is 11.8 Å². The number of amides is 2. The van der Waals surface area contributed by atoms with Gasteiger partial charge < -0.3 is 21.3 Å². The fourth-order valence-corrected chi connectivity index (χ4v) is 2.77. The first-order valence-electron chi connectivity index (χ1n) is 9.47. The van der Waals surface area contributed by atoms with Crippen LogP contribution in [0.1, 0.15) is 20.8 Å². The Balaban J connectivity index is 1.92. The summed E-state index contributed by atoms with van der Waals surface area (Å²) in [7, 11) is 3.96. The van der Waals surface area contributed by atoms with E-state index in [-0.39, 0.29) is 11.3 Å². The van der Waals surface area contributed by atoms with Crippen molar-refractivity contribution in [1.82, 2.24) is 14.9 Å². The van der Waals surface area contributed by atoms with E-state index in [0.29, 0.717) is 23.9 Å². The van der Waals surface area contributed by atoms with Gasteiger partial charge in [-0.2, -0.15) is 0 Å². The maximum Gasteiger partial charge on any atom is 0.274 e. The Morgan fingerprint density at radius 3 is 2.40 bits per heavy atom. The second kappa shape index (κ2) is 9.62. The second-order valence-electron chi connectivity index (χ2n) is 6.92. The number of primary amides is 1. The molecule has 3 aromatic rings. The zero-order valence-electron chi connectivity index (χ0n) is 16.9. The molecule has 4 N–H and O–H groups in total. The minimum absolute atomic E-state index is 0.176. The third kappa shape index (κ3) is 5.39. The summed E-state index contributed by atoms with van der Waals surface area (Å²) < 4.78 is 0. The van der Waals surface area contributed by atoms with Crippen molar-refractivity contribution >= 4 is 23.3 Å². The molecule has 0 aliphatic rings. The first-order valence-corrected chi connectivity index (χ1v) is 9.47. The van der Waals surface area contributed by atoms with Gasteiger partial charge in [-0.25, -0.2) is 9.97 Å². The van der Waals surface area contributed by atoms with Crippen molar-refractivity contribution in [3.63, 3.8) is 0 Å². The molecule has 8 heteroatoms. The van der Waals surface area contributed by atoms with Gasteiger partial charge >= 0.3 is 0 Å². The lowest BCUT2D eigenvalue weighted by molar-refractivity contribution is 0.100. The van der Waals surface area contributed by atoms with Gasteiger partial charge in [0, 0.05) is 24.7 Å². The molecular weight excluding hydrogens is 380 g/mol. The van der Waals surface area contributed by atoms with Crippen LogP contribution in [0.2, 0.25) is 0 Å². The highest BCUT2D eigenvalue weighted by Gasteiger charge is 2.16. The maximum absolute atomic E-state index is 12.9. The fraction of sp³-hybridized carbons (Fsp3) is 0.182. The highest BCUT2D eigenvalue weighted by molar-refractivity contribution is 6.08. The zero-order chi connectivity index (χ0) is 21.5. The van der Waals surface area contributed by atoms with E-state index >= 15 is 0 Å². The number of hydrogen-bond donors (Lipinski definition) is 3. The number of rotatable bonds is 8. The Morgan fingerprint density at radius 2 is 1.70 bits per heavy atom. The summed E-state index contributed by atoms with van der Waals surface area (Å²) in [5, 5.41) is 5.95. The van der Waals surface area contributed by atoms with E-state index in [1.165, 1.54) is 0 Å². The van der Waals surface area contributed by atoms with Crippen molar-refractivity contribution in [3.05, 3.63) is 71.9 Å². The summed E-state index contributed by atoms with van der Waals surface area (Å²) in [6.07, 6.45) is 0. The summed E-state index contributed by atoms with van der Waals surface area (Å²) in [6, 6.07) is 17.6. The minimum Gasteiger partial charge on any atom is -0.369 e. The quantitative estimate of drug-likeness (QED) is 0.532. The predicted octanol–water partition coefficient (Wildman–Crippen LogP) is 2.47. The van der Waals surface area contributed by atoms with E-state index in [1.54, 1.807) is 30.3 Å². The van der Waals surface area contributed by atoms with E-state index in [9.17, 15) is 9.59 Å². The van der Waals surface area contributed by atoms with Crippen molar-refractivity contribution in [3.8, 4) is 11.4 Å². The highest BCUT2D eigenvalue weighted by atomic mass is 16.2. The molecule has 1 aromatic heterocycles. The minimum atomic E-state index is -0.621. The molecule has 0 aliphatic carbocycles. The van der Waals surface area contributed by atoms with E-state index < -0.39 is 11.8 Å². The molecule has 0 atom stereocenters. The molecule has 0 unspecified atom stereocenters. The predicted molar refractivity (Wildman–Crippen MR) is 117 cm³/mol. The van der Waals surface area contributed by atoms with Gasteiger partial charge in [-0.05, 0) is 26.2 Å². The molecular formula is C22H24N6O2. The van der Waals surface area contributed by atoms with Crippen LogP contribution in [0.4, 0.5) is 11.5 Å². The van der Waals surface area contributed by atoms with Crippen LogP contribution in [-0.4, -0.2) is 53.9 Å². The molecule has 2 amide bonds. The fourth-order valence-electron chi connectivity index (χ4n) is 2.77. The largest absolute Gasteiger partial charge is 0.369 e. The number of hydrogen-bond acceptors (Lipinski definition) is 6. The maximum atomic E-state index is 12.9. The third-order valence-electron chi connectivity index (χ3n) is 4.30. The number of nitrogens with zero attached hydrogens (tertiary/aromatic N) is 3. The van der Waals surface area contributed by atoms with Crippen LogP contribution in [0.5, 0.6) is 0 Å². The molecule has 0 bridgehead atoms. The van der Waals surface area contributed by atoms with Crippen molar-refractivity contribution in [1.29, 1.82) is 0 Å². The molecule has 0 aliphatic heterocycles. The lowest BCUT2D eigenvalue weighted by atomic mass is 10.1. The van der Waals surface area contributed by atoms with Crippen LogP contribution in [-0.2, 0) is 0 Å². The van der Waals surface area contributed by atoms with Crippen molar-refractivity contribution in [2.75, 3.05) is 37.8 Å². The number of para-hydroxylation sites is 1. The summed E-state index contributed by atoms with van der Waals surface area (Å²) in [4.78, 5) is 35.6. The number of nitrogens with two attached hydrogens (primary N) is 1. The average molecular weight is 404 g/mol. The molecule has 8 nitrogen and oxygen atoms in total. The number of aromatic nitrogens is 2. The lowest BCUT2D eigenvalue weighted by Gasteiger charge is -2.13. The number of carbonyl (C=O) groups is 2. The molecule has 0 saturated heterocycles. The molecule has 0 radical (unpaired) electrons. The summed E-state index contributed by atoms with van der Waals surface area (Å²) in [6.45, 7) is 1.46. The van der Waals surface area contributed by atoms with Crippen LogP contribution in [0.15, 0.2) is 60.7 Å². The van der Waals surface area contributed by atoms with E-state index in [0.717, 1.165) is 12.1 Å². The number of nitrogens with one attached hydrogen (secondary N) is 2. The van der Waals surface area contributed by atoms with E-state index in [1.807, 2.05) is 49.3 Å². The Kier molecular flexibility index (Phi) is 6.71. The van der Waals surface area contributed by atoms with E-state index in [2.05, 4.69) is 20.6 Å². The summed E-state index contributed by atoms with van der Waals surface area (Å²) in [5.74, 6) is -0.110. The summed E-state index contributed by atoms with van der Waals surface area (Å²) >= 11 is 0. The number of carbonyl (C=O) groups excluding carboxylic acids is 2. The van der Waals surface area contributed by atoms with Gasteiger partial charge in [0.2, 0.25) is 0 Å². The van der Waals surface area contributed by atoms with Crippen LogP contribution in [0, 0.1) is 0 Å². The topological polar surface area (TPSA) is 113 Å². The van der Waals surface area contributed by atoms with Crippen molar-refractivity contribution in [2.24, 2.45) is 5.73 Å². The van der Waals surface area contributed by atoms with Gasteiger partial charge in [-0.15, -0.1) is 0 Å². The van der Waals surface area contributed by atoms with Crippen LogP contribution in [0.25, 0.3) is 11.4 Å². The number of benzene rings is 2. The molecule has 2 aromatic carbocycles. The normalized spacial score (nSPS) is 10.6. The molecule has 3 rings (SSSR count). The van der Waals surface area contributed by atoms with Gasteiger partial charge in [0.15, 0.2) is 5.82 Å². The Hall–Kier alpha value is -3.78. The molecule has 0 saturated carbocycles. The van der Waals surface area contributed by atoms with Gasteiger partial charge in [-0.3, -0.25) is 9.59 Å². The first kappa shape index (κ1) is 20.9. The van der Waals surface area contributed by atoms with Gasteiger partial charge in [-0.1, -0.05) is 42.5 Å². The van der Waals surface area contributed by atoms with Crippen molar-refractivity contribution < 1.29 is 9.59 Å². The number of likely N-dealkylation sites (N-methyl/N-ethyl adjacent to an activating group) is 1. The van der Waals surface area contributed by atoms with Crippen LogP contribution >= 0.6 is 0 Å². The number of anilines is 2. The molecule has 30 heavy (non-hydrogen) atoms. The Bertz CT molecular complexity index is 1040. The molecule has 154 valence electrons. The zero-order valence-corrected chi connectivity index (χ0v) is 16.9. The average Bonchev–Trinajstić information content (AvgIpc) is 2.74. The Morgan fingerprint density at radius 1 is 1.00 bits per heavy atom. The van der Waals surface area contributed by atoms with Gasteiger partial charge in [0.1, 0.15) is 11.5 Å². The molecule has 0 spiro atoms.